The molecular formula is C22H38N4O. The molecule has 152 valence electrons. The summed E-state index contributed by atoms with van der Waals surface area (Å²) in [5, 5.41) is 17.1. The zero-order valence-corrected chi connectivity index (χ0v) is 17.5. The van der Waals surface area contributed by atoms with Crippen molar-refractivity contribution >= 4 is 5.96 Å². The first-order chi connectivity index (χ1) is 13.0. The van der Waals surface area contributed by atoms with Gasteiger partial charge in [0.05, 0.1) is 12.6 Å². The van der Waals surface area contributed by atoms with E-state index >= 15 is 0 Å². The smallest absolute Gasteiger partial charge is 0.193 e. The van der Waals surface area contributed by atoms with Crippen LogP contribution in [0.3, 0.4) is 0 Å². The van der Waals surface area contributed by atoms with E-state index in [2.05, 4.69) is 73.6 Å². The topological polar surface area (TPSA) is 59.9 Å². The fraction of sp³-hybridized carbons (Fsp3) is 0.682. The van der Waals surface area contributed by atoms with E-state index in [-0.39, 0.29) is 17.7 Å². The van der Waals surface area contributed by atoms with Crippen LogP contribution in [0, 0.1) is 0 Å². The zero-order chi connectivity index (χ0) is 19.7. The van der Waals surface area contributed by atoms with Crippen LogP contribution >= 0.6 is 0 Å². The van der Waals surface area contributed by atoms with Gasteiger partial charge in [-0.15, -0.1) is 0 Å². The van der Waals surface area contributed by atoms with E-state index in [0.717, 1.165) is 57.8 Å². The van der Waals surface area contributed by atoms with Crippen LogP contribution in [-0.2, 0) is 0 Å². The predicted molar refractivity (Wildman–Crippen MR) is 114 cm³/mol. The van der Waals surface area contributed by atoms with Gasteiger partial charge >= 0.3 is 0 Å². The molecule has 1 fully saturated rings. The number of aliphatic hydroxyl groups excluding tert-OH is 1. The summed E-state index contributed by atoms with van der Waals surface area (Å²) in [6.07, 6.45) is 3.54. The first-order valence-electron chi connectivity index (χ1n) is 10.6. The number of piperidine rings is 1. The maximum Gasteiger partial charge on any atom is 0.193 e. The molecule has 27 heavy (non-hydrogen) atoms. The van der Waals surface area contributed by atoms with Crippen LogP contribution in [-0.4, -0.2) is 53.8 Å². The molecule has 1 saturated heterocycles. The van der Waals surface area contributed by atoms with Crippen molar-refractivity contribution in [3.8, 4) is 0 Å². The first-order valence-corrected chi connectivity index (χ1v) is 10.6. The second kappa shape index (κ2) is 10.7. The molecule has 1 aliphatic rings. The predicted octanol–water partition coefficient (Wildman–Crippen LogP) is 3.32. The Morgan fingerprint density at radius 3 is 2.37 bits per heavy atom. The van der Waals surface area contributed by atoms with Crippen molar-refractivity contribution in [1.29, 1.82) is 0 Å². The molecule has 0 saturated carbocycles. The Bertz CT molecular complexity index is 563. The van der Waals surface area contributed by atoms with E-state index in [1.807, 2.05) is 0 Å². The van der Waals surface area contributed by atoms with E-state index in [0.29, 0.717) is 0 Å². The highest BCUT2D eigenvalue weighted by Crippen LogP contribution is 2.23. The molecule has 1 aromatic carbocycles. The number of benzene rings is 1. The SMILES string of the molecule is CCNC(=NCC(CC)(CC)NC(C)c1ccccc1)N1CCC(O)CC1. The molecule has 1 heterocycles. The fourth-order valence-electron chi connectivity index (χ4n) is 3.74. The molecule has 0 spiro atoms. The molecule has 1 atom stereocenters. The van der Waals surface area contributed by atoms with Gasteiger partial charge in [-0.25, -0.2) is 0 Å². The van der Waals surface area contributed by atoms with Crippen LogP contribution in [0.1, 0.15) is 65.0 Å². The van der Waals surface area contributed by atoms with Gasteiger partial charge < -0.3 is 20.6 Å². The minimum absolute atomic E-state index is 0.0226. The van der Waals surface area contributed by atoms with E-state index < -0.39 is 0 Å². The third-order valence-corrected chi connectivity index (χ3v) is 5.81. The van der Waals surface area contributed by atoms with Crippen LogP contribution in [0.15, 0.2) is 35.3 Å². The standard InChI is InChI=1S/C22H38N4O/c1-5-22(6-2,25-18(4)19-11-9-8-10-12-19)17-24-21(23-7-3)26-15-13-20(27)14-16-26/h8-12,18,20,25,27H,5-7,13-17H2,1-4H3,(H,23,24). The van der Waals surface area contributed by atoms with Crippen LogP contribution in [0.2, 0.25) is 0 Å². The normalized spacial score (nSPS) is 17.8. The van der Waals surface area contributed by atoms with Gasteiger partial charge in [0.15, 0.2) is 5.96 Å². The molecule has 1 aliphatic heterocycles. The monoisotopic (exact) mass is 374 g/mol. The Labute approximate surface area is 165 Å². The molecule has 0 aliphatic carbocycles. The highest BCUT2D eigenvalue weighted by Gasteiger charge is 2.29. The van der Waals surface area contributed by atoms with Gasteiger partial charge in [-0.1, -0.05) is 44.2 Å². The Hall–Kier alpha value is -1.59. The van der Waals surface area contributed by atoms with Gasteiger partial charge in [-0.05, 0) is 45.1 Å². The Morgan fingerprint density at radius 2 is 1.81 bits per heavy atom. The number of aliphatic hydroxyl groups is 1. The fourth-order valence-corrected chi connectivity index (χ4v) is 3.74. The van der Waals surface area contributed by atoms with Gasteiger partial charge in [0.1, 0.15) is 0 Å². The van der Waals surface area contributed by atoms with Crippen molar-refractivity contribution in [2.24, 2.45) is 4.99 Å². The van der Waals surface area contributed by atoms with Crippen molar-refractivity contribution in [3.05, 3.63) is 35.9 Å². The van der Waals surface area contributed by atoms with Gasteiger partial charge in [0.25, 0.3) is 0 Å². The van der Waals surface area contributed by atoms with E-state index in [4.69, 9.17) is 4.99 Å². The molecule has 0 aromatic heterocycles. The number of hydrogen-bond donors (Lipinski definition) is 3. The lowest BCUT2D eigenvalue weighted by Crippen LogP contribution is -2.50. The van der Waals surface area contributed by atoms with Crippen LogP contribution in [0.25, 0.3) is 0 Å². The summed E-state index contributed by atoms with van der Waals surface area (Å²) in [6, 6.07) is 10.9. The van der Waals surface area contributed by atoms with Crippen molar-refractivity contribution < 1.29 is 5.11 Å². The molecular weight excluding hydrogens is 336 g/mol. The van der Waals surface area contributed by atoms with E-state index in [9.17, 15) is 5.11 Å². The van der Waals surface area contributed by atoms with Gasteiger partial charge in [-0.3, -0.25) is 4.99 Å². The molecule has 0 amide bonds. The lowest BCUT2D eigenvalue weighted by atomic mass is 9.90. The third-order valence-electron chi connectivity index (χ3n) is 5.81. The maximum absolute atomic E-state index is 9.78. The number of guanidine groups is 1. The van der Waals surface area contributed by atoms with Gasteiger partial charge in [0.2, 0.25) is 0 Å². The number of likely N-dealkylation sites (tertiary alicyclic amines) is 1. The van der Waals surface area contributed by atoms with Crippen LogP contribution in [0.4, 0.5) is 0 Å². The number of aliphatic imine (C=N–C) groups is 1. The zero-order valence-electron chi connectivity index (χ0n) is 17.5. The van der Waals surface area contributed by atoms with Gasteiger partial charge in [-0.2, -0.15) is 0 Å². The molecule has 5 nitrogen and oxygen atoms in total. The summed E-state index contributed by atoms with van der Waals surface area (Å²) >= 11 is 0. The second-order valence-electron chi connectivity index (χ2n) is 7.65. The minimum Gasteiger partial charge on any atom is -0.393 e. The maximum atomic E-state index is 9.78. The quantitative estimate of drug-likeness (QED) is 0.483. The highest BCUT2D eigenvalue weighted by atomic mass is 16.3. The molecule has 1 unspecified atom stereocenters. The highest BCUT2D eigenvalue weighted by molar-refractivity contribution is 5.80. The summed E-state index contributed by atoms with van der Waals surface area (Å²) in [6.45, 7) is 12.2. The Kier molecular flexibility index (Phi) is 8.58. The Balaban J connectivity index is 2.10. The molecule has 1 aromatic rings. The summed E-state index contributed by atoms with van der Waals surface area (Å²) in [7, 11) is 0. The van der Waals surface area contributed by atoms with E-state index in [1.54, 1.807) is 0 Å². The summed E-state index contributed by atoms with van der Waals surface area (Å²) in [5.41, 5.74) is 1.29. The van der Waals surface area contributed by atoms with Crippen LogP contribution < -0.4 is 10.6 Å². The summed E-state index contributed by atoms with van der Waals surface area (Å²) in [5.74, 6) is 0.977. The number of nitrogens with zero attached hydrogens (tertiary/aromatic N) is 2. The lowest BCUT2D eigenvalue weighted by Gasteiger charge is -2.37. The molecule has 0 bridgehead atoms. The van der Waals surface area contributed by atoms with Crippen molar-refractivity contribution in [2.45, 2.75) is 71.1 Å². The van der Waals surface area contributed by atoms with Crippen molar-refractivity contribution in [2.75, 3.05) is 26.2 Å². The molecule has 2 rings (SSSR count). The summed E-state index contributed by atoms with van der Waals surface area (Å²) < 4.78 is 0. The van der Waals surface area contributed by atoms with Gasteiger partial charge in [0, 0.05) is 31.2 Å². The lowest BCUT2D eigenvalue weighted by molar-refractivity contribution is 0.108. The first kappa shape index (κ1) is 21.7. The van der Waals surface area contributed by atoms with Crippen molar-refractivity contribution in [3.63, 3.8) is 0 Å². The third kappa shape index (κ3) is 6.22. The van der Waals surface area contributed by atoms with Crippen molar-refractivity contribution in [1.82, 2.24) is 15.5 Å². The average molecular weight is 375 g/mol. The second-order valence-corrected chi connectivity index (χ2v) is 7.65. The number of hydrogen-bond acceptors (Lipinski definition) is 3. The Morgan fingerprint density at radius 1 is 1.19 bits per heavy atom. The number of nitrogens with one attached hydrogen (secondary N) is 2. The summed E-state index contributed by atoms with van der Waals surface area (Å²) in [4.78, 5) is 7.30. The number of rotatable bonds is 8. The minimum atomic E-state index is -0.164. The average Bonchev–Trinajstić information content (AvgIpc) is 2.71. The largest absolute Gasteiger partial charge is 0.393 e. The molecule has 0 radical (unpaired) electrons. The molecule has 3 N–H and O–H groups in total. The van der Waals surface area contributed by atoms with E-state index in [1.165, 1.54) is 5.56 Å². The van der Waals surface area contributed by atoms with Crippen LogP contribution in [0.5, 0.6) is 0 Å². The molecule has 5 heteroatoms.